The number of aromatic nitrogens is 3. The molecule has 1 aliphatic rings. The molecule has 0 aliphatic carbocycles. The smallest absolute Gasteiger partial charge is 0.297 e. The van der Waals surface area contributed by atoms with Crippen LogP contribution in [0.1, 0.15) is 53.8 Å². The van der Waals surface area contributed by atoms with E-state index in [4.69, 9.17) is 0 Å². The van der Waals surface area contributed by atoms with E-state index in [1.54, 1.807) is 0 Å². The molecule has 1 aliphatic heterocycles. The topological polar surface area (TPSA) is 61.9 Å². The summed E-state index contributed by atoms with van der Waals surface area (Å²) in [4.78, 5) is 18.9. The third-order valence-corrected chi connectivity index (χ3v) is 3.91. The maximum Gasteiger partial charge on any atom is 0.297 e. The average molecular weight is 284 g/mol. The maximum absolute atomic E-state index is 12.7. The number of anilines is 1. The number of aromatic amines is 1. The molecule has 21 heavy (non-hydrogen) atoms. The number of hydrogen-bond acceptors (Lipinski definition) is 3. The number of hydrogen-bond donors (Lipinski definition) is 1. The Morgan fingerprint density at radius 2 is 2.19 bits per heavy atom. The van der Waals surface area contributed by atoms with E-state index < -0.39 is 0 Å². The van der Waals surface area contributed by atoms with Crippen molar-refractivity contribution in [2.24, 2.45) is 0 Å². The fraction of sp³-hybridized carbons (Fsp3) is 0.438. The number of aryl methyl sites for hydroxylation is 2. The normalized spacial score (nSPS) is 14.4. The number of amides is 1. The summed E-state index contributed by atoms with van der Waals surface area (Å²) in [5.41, 5.74) is 3.39. The summed E-state index contributed by atoms with van der Waals surface area (Å²) < 4.78 is 0. The summed E-state index contributed by atoms with van der Waals surface area (Å²) in [7, 11) is 0. The Kier molecular flexibility index (Phi) is 3.49. The molecule has 0 atom stereocenters. The van der Waals surface area contributed by atoms with E-state index in [0.717, 1.165) is 36.5 Å². The van der Waals surface area contributed by atoms with Crippen molar-refractivity contribution < 1.29 is 4.79 Å². The van der Waals surface area contributed by atoms with E-state index in [-0.39, 0.29) is 17.6 Å². The lowest BCUT2D eigenvalue weighted by atomic mass is 9.98. The number of nitrogens with zero attached hydrogens (tertiary/aromatic N) is 3. The van der Waals surface area contributed by atoms with Crippen molar-refractivity contribution in [2.75, 3.05) is 11.4 Å². The Morgan fingerprint density at radius 3 is 2.90 bits per heavy atom. The number of carbonyl (C=O) groups is 1. The van der Waals surface area contributed by atoms with Crippen LogP contribution in [0.3, 0.4) is 0 Å². The predicted octanol–water partition coefficient (Wildman–Crippen LogP) is 2.83. The minimum absolute atomic E-state index is 0.117. The van der Waals surface area contributed by atoms with Crippen LogP contribution in [0.25, 0.3) is 0 Å². The second-order valence-corrected chi connectivity index (χ2v) is 5.84. The molecule has 0 saturated heterocycles. The first-order valence-electron chi connectivity index (χ1n) is 7.40. The molecule has 0 bridgehead atoms. The Hall–Kier alpha value is -2.17. The van der Waals surface area contributed by atoms with Crippen LogP contribution in [0.4, 0.5) is 5.69 Å². The summed E-state index contributed by atoms with van der Waals surface area (Å²) in [5, 5.41) is 6.94. The molecule has 5 nitrogen and oxygen atoms in total. The minimum Gasteiger partial charge on any atom is -0.305 e. The van der Waals surface area contributed by atoms with Crippen LogP contribution in [0.2, 0.25) is 0 Å². The van der Waals surface area contributed by atoms with Gasteiger partial charge >= 0.3 is 0 Å². The van der Waals surface area contributed by atoms with E-state index in [1.165, 1.54) is 5.56 Å². The van der Waals surface area contributed by atoms with Crippen LogP contribution >= 0.6 is 0 Å². The van der Waals surface area contributed by atoms with Gasteiger partial charge in [0.15, 0.2) is 0 Å². The van der Waals surface area contributed by atoms with E-state index in [1.807, 2.05) is 37.8 Å². The number of H-pyrrole nitrogens is 1. The largest absolute Gasteiger partial charge is 0.305 e. The fourth-order valence-electron chi connectivity index (χ4n) is 2.80. The van der Waals surface area contributed by atoms with Crippen molar-refractivity contribution in [3.8, 4) is 0 Å². The number of carbonyl (C=O) groups excluding carboxylic acids is 1. The van der Waals surface area contributed by atoms with Crippen LogP contribution in [-0.4, -0.2) is 27.6 Å². The summed E-state index contributed by atoms with van der Waals surface area (Å²) in [6.45, 7) is 6.81. The number of nitrogens with one attached hydrogen (secondary N) is 1. The first-order chi connectivity index (χ1) is 10.1. The van der Waals surface area contributed by atoms with Gasteiger partial charge in [-0.05, 0) is 30.9 Å². The van der Waals surface area contributed by atoms with Gasteiger partial charge in [-0.2, -0.15) is 0 Å². The first kappa shape index (κ1) is 13.8. The first-order valence-corrected chi connectivity index (χ1v) is 7.40. The van der Waals surface area contributed by atoms with Crippen molar-refractivity contribution in [2.45, 2.75) is 39.5 Å². The van der Waals surface area contributed by atoms with Crippen LogP contribution in [0, 0.1) is 6.92 Å². The quantitative estimate of drug-likeness (QED) is 0.922. The van der Waals surface area contributed by atoms with Gasteiger partial charge in [-0.25, -0.2) is 4.98 Å². The Labute approximate surface area is 124 Å². The van der Waals surface area contributed by atoms with Crippen molar-refractivity contribution in [3.63, 3.8) is 0 Å². The minimum atomic E-state index is -0.117. The Bertz CT molecular complexity index is 675. The molecule has 3 rings (SSSR count). The third-order valence-electron chi connectivity index (χ3n) is 3.91. The average Bonchev–Trinajstić information content (AvgIpc) is 2.96. The molecule has 0 radical (unpaired) electrons. The zero-order valence-corrected chi connectivity index (χ0v) is 12.7. The van der Waals surface area contributed by atoms with E-state index in [2.05, 4.69) is 21.2 Å². The van der Waals surface area contributed by atoms with Gasteiger partial charge in [0.1, 0.15) is 5.82 Å². The number of benzene rings is 1. The number of para-hydroxylation sites is 1. The van der Waals surface area contributed by atoms with E-state index >= 15 is 0 Å². The van der Waals surface area contributed by atoms with Gasteiger partial charge in [0, 0.05) is 12.5 Å². The molecule has 0 fully saturated rings. The highest BCUT2D eigenvalue weighted by atomic mass is 16.2. The predicted molar refractivity (Wildman–Crippen MR) is 81.6 cm³/mol. The van der Waals surface area contributed by atoms with Gasteiger partial charge < -0.3 is 4.90 Å². The lowest BCUT2D eigenvalue weighted by Crippen LogP contribution is -2.36. The molecule has 5 heteroatoms. The molecule has 0 spiro atoms. The number of fused-ring (bicyclic) bond motifs is 1. The second-order valence-electron chi connectivity index (χ2n) is 5.84. The van der Waals surface area contributed by atoms with Gasteiger partial charge in [-0.3, -0.25) is 9.89 Å². The van der Waals surface area contributed by atoms with Crippen molar-refractivity contribution in [1.29, 1.82) is 0 Å². The summed E-state index contributed by atoms with van der Waals surface area (Å²) in [6.07, 6.45) is 2.00. The van der Waals surface area contributed by atoms with Crippen LogP contribution < -0.4 is 4.90 Å². The maximum atomic E-state index is 12.7. The fourth-order valence-corrected chi connectivity index (χ4v) is 2.80. The summed E-state index contributed by atoms with van der Waals surface area (Å²) in [6, 6.07) is 6.19. The van der Waals surface area contributed by atoms with Crippen LogP contribution in [-0.2, 0) is 6.42 Å². The lowest BCUT2D eigenvalue weighted by Gasteiger charge is -2.30. The molecule has 0 unspecified atom stereocenters. The van der Waals surface area contributed by atoms with Gasteiger partial charge in [-0.1, -0.05) is 32.0 Å². The highest BCUT2D eigenvalue weighted by Crippen LogP contribution is 2.31. The second kappa shape index (κ2) is 5.31. The molecular formula is C16H20N4O. The molecule has 0 saturated carbocycles. The third kappa shape index (κ3) is 2.44. The summed E-state index contributed by atoms with van der Waals surface area (Å²) >= 11 is 0. The van der Waals surface area contributed by atoms with Crippen molar-refractivity contribution in [3.05, 3.63) is 41.0 Å². The molecule has 1 aromatic carbocycles. The molecule has 1 aromatic heterocycles. The standard InChI is InChI=1S/C16H20N4O/c1-10(2)14-17-15(19-18-14)16(21)20-9-5-8-12-7-4-6-11(3)13(12)20/h4,6-7,10H,5,8-9H2,1-3H3,(H,17,18,19). The van der Waals surface area contributed by atoms with Gasteiger partial charge in [0.2, 0.25) is 5.82 Å². The van der Waals surface area contributed by atoms with Gasteiger partial charge in [-0.15, -0.1) is 5.10 Å². The number of rotatable bonds is 2. The highest BCUT2D eigenvalue weighted by molar-refractivity contribution is 6.04. The molecule has 110 valence electrons. The summed E-state index contributed by atoms with van der Waals surface area (Å²) in [5.74, 6) is 1.12. The monoisotopic (exact) mass is 284 g/mol. The Balaban J connectivity index is 1.96. The van der Waals surface area contributed by atoms with Crippen LogP contribution in [0.5, 0.6) is 0 Å². The molecule has 2 heterocycles. The van der Waals surface area contributed by atoms with Crippen molar-refractivity contribution >= 4 is 11.6 Å². The molecule has 1 N–H and O–H groups in total. The van der Waals surface area contributed by atoms with Gasteiger partial charge in [0.25, 0.3) is 5.91 Å². The SMILES string of the molecule is Cc1cccc2c1N(C(=O)c1n[nH]c(C(C)C)n1)CCC2. The molecule has 2 aromatic rings. The zero-order chi connectivity index (χ0) is 15.0. The molecular weight excluding hydrogens is 264 g/mol. The van der Waals surface area contributed by atoms with E-state index in [0.29, 0.717) is 0 Å². The van der Waals surface area contributed by atoms with Crippen molar-refractivity contribution in [1.82, 2.24) is 15.2 Å². The highest BCUT2D eigenvalue weighted by Gasteiger charge is 2.27. The Morgan fingerprint density at radius 1 is 1.38 bits per heavy atom. The molecule has 1 amide bonds. The van der Waals surface area contributed by atoms with Gasteiger partial charge in [0.05, 0.1) is 5.69 Å². The zero-order valence-electron chi connectivity index (χ0n) is 12.7. The van der Waals surface area contributed by atoms with Crippen LogP contribution in [0.15, 0.2) is 18.2 Å². The lowest BCUT2D eigenvalue weighted by molar-refractivity contribution is 0.0975. The van der Waals surface area contributed by atoms with E-state index in [9.17, 15) is 4.79 Å².